The molecule has 3 saturated heterocycles. The maximum absolute atomic E-state index is 4.63. The Bertz CT molecular complexity index is 418. The second kappa shape index (κ2) is 5.63. The Balaban J connectivity index is 1.61. The van der Waals surface area contributed by atoms with E-state index in [9.17, 15) is 0 Å². The van der Waals surface area contributed by atoms with Gasteiger partial charge in [0.2, 0.25) is 0 Å². The number of nitrogens with one attached hydrogen (secondary N) is 1. The van der Waals surface area contributed by atoms with Gasteiger partial charge in [-0.25, -0.2) is 0 Å². The summed E-state index contributed by atoms with van der Waals surface area (Å²) in [7, 11) is 0. The van der Waals surface area contributed by atoms with E-state index in [0.717, 1.165) is 25.4 Å². The maximum Gasteiger partial charge on any atom is 0.0625 e. The molecule has 3 aliphatic rings. The van der Waals surface area contributed by atoms with Crippen LogP contribution in [0.4, 0.5) is 0 Å². The van der Waals surface area contributed by atoms with Crippen molar-refractivity contribution in [2.45, 2.75) is 52.2 Å². The highest BCUT2D eigenvalue weighted by Crippen LogP contribution is 2.27. The third kappa shape index (κ3) is 2.70. The Kier molecular flexibility index (Phi) is 3.89. The number of aryl methyl sites for hydroxylation is 2. The van der Waals surface area contributed by atoms with E-state index in [2.05, 4.69) is 39.9 Å². The lowest BCUT2D eigenvalue weighted by molar-refractivity contribution is 0.0716. The highest BCUT2D eigenvalue weighted by atomic mass is 15.3. The van der Waals surface area contributed by atoms with E-state index in [1.165, 1.54) is 43.9 Å². The SMILES string of the molecule is CCc1cc(CNC2CN3CCC2CC3)n(CC)n1. The summed E-state index contributed by atoms with van der Waals surface area (Å²) >= 11 is 0. The van der Waals surface area contributed by atoms with Crippen molar-refractivity contribution in [1.29, 1.82) is 0 Å². The average Bonchev–Trinajstić information content (AvgIpc) is 2.89. The van der Waals surface area contributed by atoms with Crippen molar-refractivity contribution in [3.8, 4) is 0 Å². The smallest absolute Gasteiger partial charge is 0.0625 e. The summed E-state index contributed by atoms with van der Waals surface area (Å²) in [6.07, 6.45) is 3.79. The Morgan fingerprint density at radius 1 is 1.32 bits per heavy atom. The van der Waals surface area contributed by atoms with Gasteiger partial charge in [0.25, 0.3) is 0 Å². The number of hydrogen-bond acceptors (Lipinski definition) is 3. The van der Waals surface area contributed by atoms with Crippen molar-refractivity contribution < 1.29 is 0 Å². The molecule has 4 heterocycles. The van der Waals surface area contributed by atoms with Crippen LogP contribution < -0.4 is 5.32 Å². The number of hydrogen-bond donors (Lipinski definition) is 1. The summed E-state index contributed by atoms with van der Waals surface area (Å²) in [6.45, 7) is 10.2. The standard InChI is InChI=1S/C15H26N4/c1-3-13-9-14(19(4-2)17-13)10-16-15-11-18-7-5-12(15)6-8-18/h9,12,15-16H,3-8,10-11H2,1-2H3. The monoisotopic (exact) mass is 262 g/mol. The van der Waals surface area contributed by atoms with Crippen LogP contribution in [-0.2, 0) is 19.5 Å². The molecule has 3 aliphatic heterocycles. The maximum atomic E-state index is 4.63. The van der Waals surface area contributed by atoms with Crippen molar-refractivity contribution in [2.75, 3.05) is 19.6 Å². The van der Waals surface area contributed by atoms with E-state index in [0.29, 0.717) is 6.04 Å². The first-order valence-electron chi connectivity index (χ1n) is 7.81. The number of fused-ring (bicyclic) bond motifs is 3. The molecule has 0 aromatic carbocycles. The van der Waals surface area contributed by atoms with E-state index >= 15 is 0 Å². The number of piperidine rings is 3. The molecule has 4 rings (SSSR count). The van der Waals surface area contributed by atoms with Crippen LogP contribution in [0, 0.1) is 5.92 Å². The van der Waals surface area contributed by atoms with Crippen LogP contribution in [0.3, 0.4) is 0 Å². The molecular formula is C15H26N4. The zero-order valence-electron chi connectivity index (χ0n) is 12.2. The lowest BCUT2D eigenvalue weighted by atomic mass is 9.84. The van der Waals surface area contributed by atoms with Gasteiger partial charge in [-0.1, -0.05) is 6.92 Å². The molecule has 1 aromatic heterocycles. The minimum Gasteiger partial charge on any atom is -0.307 e. The molecule has 4 nitrogen and oxygen atoms in total. The van der Waals surface area contributed by atoms with Gasteiger partial charge in [-0.05, 0) is 51.3 Å². The van der Waals surface area contributed by atoms with Gasteiger partial charge in [-0.2, -0.15) is 5.10 Å². The van der Waals surface area contributed by atoms with Crippen molar-refractivity contribution in [3.63, 3.8) is 0 Å². The van der Waals surface area contributed by atoms with Crippen molar-refractivity contribution in [1.82, 2.24) is 20.0 Å². The van der Waals surface area contributed by atoms with E-state index in [-0.39, 0.29) is 0 Å². The highest BCUT2D eigenvalue weighted by Gasteiger charge is 2.33. The second-order valence-corrected chi connectivity index (χ2v) is 5.92. The summed E-state index contributed by atoms with van der Waals surface area (Å²) in [5, 5.41) is 8.40. The lowest BCUT2D eigenvalue weighted by Crippen LogP contribution is -2.55. The molecular weight excluding hydrogens is 236 g/mol. The minimum absolute atomic E-state index is 0.688. The lowest BCUT2D eigenvalue weighted by Gasteiger charge is -2.45. The number of rotatable bonds is 5. The molecule has 4 heteroatoms. The summed E-state index contributed by atoms with van der Waals surface area (Å²) < 4.78 is 2.15. The van der Waals surface area contributed by atoms with Gasteiger partial charge in [-0.3, -0.25) is 4.68 Å². The summed E-state index contributed by atoms with van der Waals surface area (Å²) in [6, 6.07) is 2.95. The van der Waals surface area contributed by atoms with Crippen LogP contribution >= 0.6 is 0 Å². The Hall–Kier alpha value is -0.870. The number of nitrogens with zero attached hydrogens (tertiary/aromatic N) is 3. The third-order valence-electron chi connectivity index (χ3n) is 4.78. The molecule has 1 unspecified atom stereocenters. The fourth-order valence-corrected chi connectivity index (χ4v) is 3.54. The molecule has 1 aromatic rings. The van der Waals surface area contributed by atoms with Gasteiger partial charge in [-0.15, -0.1) is 0 Å². The van der Waals surface area contributed by atoms with Crippen LogP contribution in [-0.4, -0.2) is 40.4 Å². The third-order valence-corrected chi connectivity index (χ3v) is 4.78. The molecule has 0 aliphatic carbocycles. The first-order chi connectivity index (χ1) is 9.30. The topological polar surface area (TPSA) is 33.1 Å². The molecule has 0 amide bonds. The van der Waals surface area contributed by atoms with Gasteiger partial charge in [0.1, 0.15) is 0 Å². The zero-order chi connectivity index (χ0) is 13.2. The predicted molar refractivity (Wildman–Crippen MR) is 77.1 cm³/mol. The number of aromatic nitrogens is 2. The molecule has 3 fully saturated rings. The Labute approximate surface area is 116 Å². The van der Waals surface area contributed by atoms with Gasteiger partial charge >= 0.3 is 0 Å². The minimum atomic E-state index is 0.688. The Morgan fingerprint density at radius 2 is 2.11 bits per heavy atom. The quantitative estimate of drug-likeness (QED) is 0.876. The summed E-state index contributed by atoms with van der Waals surface area (Å²) in [4.78, 5) is 2.60. The first-order valence-corrected chi connectivity index (χ1v) is 7.81. The fourth-order valence-electron chi connectivity index (χ4n) is 3.54. The van der Waals surface area contributed by atoms with Crippen LogP contribution in [0.1, 0.15) is 38.1 Å². The van der Waals surface area contributed by atoms with E-state index in [1.54, 1.807) is 0 Å². The molecule has 0 saturated carbocycles. The van der Waals surface area contributed by atoms with Crippen molar-refractivity contribution >= 4 is 0 Å². The largest absolute Gasteiger partial charge is 0.307 e. The summed E-state index contributed by atoms with van der Waals surface area (Å²) in [5.41, 5.74) is 2.56. The van der Waals surface area contributed by atoms with Crippen molar-refractivity contribution in [3.05, 3.63) is 17.5 Å². The van der Waals surface area contributed by atoms with Crippen LogP contribution in [0.5, 0.6) is 0 Å². The summed E-state index contributed by atoms with van der Waals surface area (Å²) in [5.74, 6) is 0.897. The first kappa shape index (κ1) is 13.1. The molecule has 106 valence electrons. The van der Waals surface area contributed by atoms with E-state index < -0.39 is 0 Å². The average molecular weight is 262 g/mol. The fraction of sp³-hybridized carbons (Fsp3) is 0.800. The predicted octanol–water partition coefficient (Wildman–Crippen LogP) is 1.65. The van der Waals surface area contributed by atoms with Crippen molar-refractivity contribution in [2.24, 2.45) is 5.92 Å². The van der Waals surface area contributed by atoms with Crippen LogP contribution in [0.15, 0.2) is 6.07 Å². The van der Waals surface area contributed by atoms with Crippen LogP contribution in [0.2, 0.25) is 0 Å². The van der Waals surface area contributed by atoms with Gasteiger partial charge in [0.05, 0.1) is 11.4 Å². The molecule has 1 N–H and O–H groups in total. The van der Waals surface area contributed by atoms with E-state index in [4.69, 9.17) is 0 Å². The van der Waals surface area contributed by atoms with Crippen LogP contribution in [0.25, 0.3) is 0 Å². The zero-order valence-corrected chi connectivity index (χ0v) is 12.2. The molecule has 0 radical (unpaired) electrons. The van der Waals surface area contributed by atoms with Gasteiger partial charge in [0, 0.05) is 25.7 Å². The highest BCUT2D eigenvalue weighted by molar-refractivity contribution is 5.10. The molecule has 2 bridgehead atoms. The molecule has 1 atom stereocenters. The Morgan fingerprint density at radius 3 is 2.68 bits per heavy atom. The second-order valence-electron chi connectivity index (χ2n) is 5.92. The van der Waals surface area contributed by atoms with E-state index in [1.807, 2.05) is 0 Å². The molecule has 0 spiro atoms. The molecule has 19 heavy (non-hydrogen) atoms. The van der Waals surface area contributed by atoms with Gasteiger partial charge < -0.3 is 10.2 Å². The normalized spacial score (nSPS) is 29.9. The van der Waals surface area contributed by atoms with Gasteiger partial charge in [0.15, 0.2) is 0 Å².